The van der Waals surface area contributed by atoms with Gasteiger partial charge in [0.2, 0.25) is 0 Å². The van der Waals surface area contributed by atoms with Crippen molar-refractivity contribution in [3.63, 3.8) is 0 Å². The van der Waals surface area contributed by atoms with Gasteiger partial charge in [-0.05, 0) is 96.5 Å². The summed E-state index contributed by atoms with van der Waals surface area (Å²) in [5.74, 6) is 0.264. The molecule has 52 heavy (non-hydrogen) atoms. The maximum atomic E-state index is 12.4. The Hall–Kier alpha value is -3.08. The third-order valence-electron chi connectivity index (χ3n) is 7.71. The number of ether oxygens (including phenoxy) is 2. The molecule has 2 unspecified atom stereocenters. The summed E-state index contributed by atoms with van der Waals surface area (Å²) in [6, 6.07) is 25.6. The molecule has 0 spiro atoms. The third kappa shape index (κ3) is 13.4. The van der Waals surface area contributed by atoms with E-state index in [1.54, 1.807) is 48.5 Å². The summed E-state index contributed by atoms with van der Waals surface area (Å²) in [7, 11) is -5.51. The highest BCUT2D eigenvalue weighted by Gasteiger charge is 2.15. The molecule has 0 aliphatic rings. The molecule has 0 saturated heterocycles. The maximum absolute atomic E-state index is 12.4. The number of aryl methyl sites for hydroxylation is 2. The third-order valence-corrected chi connectivity index (χ3v) is 12.7. The summed E-state index contributed by atoms with van der Waals surface area (Å²) in [6.45, 7) is 0.443. The van der Waals surface area contributed by atoms with Crippen molar-refractivity contribution in [3.05, 3.63) is 130 Å². The van der Waals surface area contributed by atoms with Gasteiger partial charge in [0.15, 0.2) is 0 Å². The van der Waals surface area contributed by atoms with E-state index in [-0.39, 0.29) is 33.8 Å². The van der Waals surface area contributed by atoms with Crippen molar-refractivity contribution in [1.29, 1.82) is 0 Å². The standard InChI is InChI=1S/C36H36Cl2O10S4/c37-33(27-11-15-31(16-12-27)51(41,42)43)19-5-25-1-7-29(8-2-25)35(39)47-21-23-49-50-24-22-48-36(40)30-9-3-26(4-10-30)6-20-34(38)28-13-17-32(18-14-28)52(44,45)46/h1-4,7-18,33-34H,5-6,19-24H2,(H,41,42,43)(H,44,45,46). The molecule has 0 saturated carbocycles. The molecule has 4 aromatic rings. The highest BCUT2D eigenvalue weighted by atomic mass is 35.5. The number of carbonyl (C=O) groups is 2. The van der Waals surface area contributed by atoms with Crippen molar-refractivity contribution in [2.75, 3.05) is 24.7 Å². The zero-order chi connectivity index (χ0) is 37.7. The van der Waals surface area contributed by atoms with Crippen LogP contribution in [0.3, 0.4) is 0 Å². The quantitative estimate of drug-likeness (QED) is 0.0306. The van der Waals surface area contributed by atoms with Crippen LogP contribution in [0, 0.1) is 0 Å². The Bertz CT molecular complexity index is 1840. The minimum atomic E-state index is -4.26. The molecule has 278 valence electrons. The maximum Gasteiger partial charge on any atom is 0.338 e. The fourth-order valence-corrected chi connectivity index (χ4v) is 7.98. The molecule has 4 aromatic carbocycles. The van der Waals surface area contributed by atoms with Gasteiger partial charge in [-0.3, -0.25) is 9.11 Å². The SMILES string of the molecule is O=C(OCCSSCCOC(=O)c1ccc(CCC(Cl)c2ccc(S(=O)(=O)O)cc2)cc1)c1ccc(CCC(Cl)c2ccc(S(=O)(=O)O)cc2)cc1. The van der Waals surface area contributed by atoms with Gasteiger partial charge < -0.3 is 9.47 Å². The average molecular weight is 828 g/mol. The van der Waals surface area contributed by atoms with E-state index in [4.69, 9.17) is 41.8 Å². The number of halogens is 2. The summed E-state index contributed by atoms with van der Waals surface area (Å²) in [5.41, 5.74) is 4.28. The van der Waals surface area contributed by atoms with Gasteiger partial charge in [-0.25, -0.2) is 9.59 Å². The first-order valence-electron chi connectivity index (χ1n) is 15.9. The molecule has 0 aromatic heterocycles. The fourth-order valence-electron chi connectivity index (χ4n) is 4.85. The fraction of sp³-hybridized carbons (Fsp3) is 0.278. The van der Waals surface area contributed by atoms with E-state index in [2.05, 4.69) is 0 Å². The second-order valence-corrected chi connectivity index (χ2v) is 18.0. The van der Waals surface area contributed by atoms with Crippen LogP contribution in [0.5, 0.6) is 0 Å². The van der Waals surface area contributed by atoms with Crippen molar-refractivity contribution in [3.8, 4) is 0 Å². The lowest BCUT2D eigenvalue weighted by Gasteiger charge is -2.11. The van der Waals surface area contributed by atoms with Crippen molar-refractivity contribution in [2.45, 2.75) is 46.2 Å². The van der Waals surface area contributed by atoms with Crippen LogP contribution in [0.25, 0.3) is 0 Å². The van der Waals surface area contributed by atoms with Crippen LogP contribution in [0.2, 0.25) is 0 Å². The Balaban J connectivity index is 1.05. The van der Waals surface area contributed by atoms with Crippen molar-refractivity contribution >= 4 is 77.0 Å². The van der Waals surface area contributed by atoms with Gasteiger partial charge >= 0.3 is 11.9 Å². The van der Waals surface area contributed by atoms with Crippen LogP contribution in [0.1, 0.15) is 66.6 Å². The van der Waals surface area contributed by atoms with Crippen LogP contribution < -0.4 is 0 Å². The van der Waals surface area contributed by atoms with Gasteiger partial charge in [0.1, 0.15) is 13.2 Å². The van der Waals surface area contributed by atoms with Crippen LogP contribution >= 0.6 is 44.8 Å². The number of hydrogen-bond donors (Lipinski definition) is 2. The van der Waals surface area contributed by atoms with Gasteiger partial charge in [0.25, 0.3) is 20.2 Å². The lowest BCUT2D eigenvalue weighted by atomic mass is 10.0. The number of rotatable bonds is 19. The van der Waals surface area contributed by atoms with E-state index in [1.165, 1.54) is 45.9 Å². The Labute approximate surface area is 321 Å². The van der Waals surface area contributed by atoms with Gasteiger partial charge in [-0.15, -0.1) is 23.2 Å². The number of esters is 2. The zero-order valence-electron chi connectivity index (χ0n) is 27.6. The summed E-state index contributed by atoms with van der Waals surface area (Å²) in [6.07, 6.45) is 2.44. The Kier molecular flexibility index (Phi) is 15.9. The van der Waals surface area contributed by atoms with Gasteiger partial charge in [-0.1, -0.05) is 70.1 Å². The lowest BCUT2D eigenvalue weighted by molar-refractivity contribution is 0.0520. The predicted octanol–water partition coefficient (Wildman–Crippen LogP) is 8.40. The van der Waals surface area contributed by atoms with E-state index in [9.17, 15) is 26.4 Å². The molecule has 0 heterocycles. The van der Waals surface area contributed by atoms with E-state index in [0.717, 1.165) is 22.3 Å². The van der Waals surface area contributed by atoms with Crippen LogP contribution in [0.15, 0.2) is 107 Å². The van der Waals surface area contributed by atoms with Crippen LogP contribution in [-0.4, -0.2) is 62.6 Å². The molecule has 10 nitrogen and oxygen atoms in total. The smallest absolute Gasteiger partial charge is 0.338 e. The molecular formula is C36H36Cl2O10S4. The van der Waals surface area contributed by atoms with E-state index >= 15 is 0 Å². The highest BCUT2D eigenvalue weighted by Crippen LogP contribution is 2.28. The largest absolute Gasteiger partial charge is 0.461 e. The average Bonchev–Trinajstić information content (AvgIpc) is 3.13. The van der Waals surface area contributed by atoms with Crippen LogP contribution in [-0.2, 0) is 42.6 Å². The molecule has 0 radical (unpaired) electrons. The molecule has 2 N–H and O–H groups in total. The Morgan fingerprint density at radius 3 is 1.19 bits per heavy atom. The zero-order valence-corrected chi connectivity index (χ0v) is 32.4. The number of alkyl halides is 2. The van der Waals surface area contributed by atoms with Crippen LogP contribution in [0.4, 0.5) is 0 Å². The molecule has 0 bridgehead atoms. The van der Waals surface area contributed by atoms with Gasteiger partial charge in [0.05, 0.1) is 31.7 Å². The van der Waals surface area contributed by atoms with Crippen molar-refractivity contribution in [1.82, 2.24) is 0 Å². The topological polar surface area (TPSA) is 161 Å². The summed E-state index contributed by atoms with van der Waals surface area (Å²) < 4.78 is 73.8. The normalized spacial score (nSPS) is 12.9. The van der Waals surface area contributed by atoms with Crippen molar-refractivity contribution < 1.29 is 45.0 Å². The molecular weight excluding hydrogens is 792 g/mol. The van der Waals surface area contributed by atoms with Gasteiger partial charge in [-0.2, -0.15) is 16.8 Å². The molecule has 2 atom stereocenters. The van der Waals surface area contributed by atoms with Crippen molar-refractivity contribution in [2.24, 2.45) is 0 Å². The molecule has 0 aliphatic carbocycles. The monoisotopic (exact) mass is 826 g/mol. The second kappa shape index (κ2) is 19.8. The Morgan fingerprint density at radius 1 is 0.558 bits per heavy atom. The first-order valence-corrected chi connectivity index (χ1v) is 22.1. The minimum Gasteiger partial charge on any atom is -0.461 e. The number of hydrogen-bond acceptors (Lipinski definition) is 10. The first kappa shape index (κ1) is 41.7. The summed E-state index contributed by atoms with van der Waals surface area (Å²) in [5, 5.41) is -0.717. The molecule has 0 amide bonds. The molecule has 0 fully saturated rings. The molecule has 16 heteroatoms. The molecule has 4 rings (SSSR count). The van der Waals surface area contributed by atoms with E-state index in [0.29, 0.717) is 48.3 Å². The summed E-state index contributed by atoms with van der Waals surface area (Å²) >= 11 is 12.9. The lowest BCUT2D eigenvalue weighted by Crippen LogP contribution is -2.08. The minimum absolute atomic E-state index is 0.189. The number of carbonyl (C=O) groups excluding carboxylic acids is 2. The Morgan fingerprint density at radius 2 is 0.885 bits per heavy atom. The van der Waals surface area contributed by atoms with E-state index in [1.807, 2.05) is 24.3 Å². The van der Waals surface area contributed by atoms with Gasteiger partial charge in [0, 0.05) is 11.5 Å². The summed E-state index contributed by atoms with van der Waals surface area (Å²) in [4.78, 5) is 24.5. The highest BCUT2D eigenvalue weighted by molar-refractivity contribution is 8.76. The molecule has 0 aliphatic heterocycles. The first-order chi connectivity index (χ1) is 24.7. The van der Waals surface area contributed by atoms with E-state index < -0.39 is 32.2 Å². The number of benzene rings is 4. The predicted molar refractivity (Wildman–Crippen MR) is 205 cm³/mol. The second-order valence-electron chi connectivity index (χ2n) is 11.4.